The third-order valence-electron chi connectivity index (χ3n) is 2.94. The summed E-state index contributed by atoms with van der Waals surface area (Å²) in [5, 5.41) is 12.3. The molecule has 0 spiro atoms. The molecule has 0 aliphatic rings. The van der Waals surface area contributed by atoms with E-state index >= 15 is 0 Å². The molecular formula is C15H17FN2O2S. The molecule has 1 aromatic carbocycles. The number of nitrogens with one attached hydrogen (secondary N) is 1. The molecule has 0 fully saturated rings. The number of aryl methyl sites for hydroxylation is 1. The first-order valence-electron chi connectivity index (χ1n) is 6.70. The van der Waals surface area contributed by atoms with Crippen molar-refractivity contribution in [3.63, 3.8) is 0 Å². The van der Waals surface area contributed by atoms with Crippen LogP contribution >= 0.6 is 11.3 Å². The Kier molecular flexibility index (Phi) is 5.41. The van der Waals surface area contributed by atoms with E-state index in [1.807, 2.05) is 0 Å². The Morgan fingerprint density at radius 3 is 2.76 bits per heavy atom. The molecule has 1 heterocycles. The number of carbonyl (C=O) groups is 1. The van der Waals surface area contributed by atoms with Gasteiger partial charge in [0.2, 0.25) is 0 Å². The standard InChI is InChI=1S/C15H17FN2O2S/c1-10-14(15(20)17-7-2-8-19)21-13(18-10)9-11-3-5-12(16)6-4-11/h3-6,19H,2,7-9H2,1H3,(H,17,20). The summed E-state index contributed by atoms with van der Waals surface area (Å²) in [5.74, 6) is -0.429. The molecule has 0 bridgehead atoms. The van der Waals surface area contributed by atoms with E-state index in [2.05, 4.69) is 10.3 Å². The van der Waals surface area contributed by atoms with Crippen LogP contribution in [0, 0.1) is 12.7 Å². The fraction of sp³-hybridized carbons (Fsp3) is 0.333. The summed E-state index contributed by atoms with van der Waals surface area (Å²) < 4.78 is 12.9. The van der Waals surface area contributed by atoms with Gasteiger partial charge in [-0.05, 0) is 31.0 Å². The van der Waals surface area contributed by atoms with Crippen LogP contribution < -0.4 is 5.32 Å². The Balaban J connectivity index is 2.04. The highest BCUT2D eigenvalue weighted by atomic mass is 32.1. The SMILES string of the molecule is Cc1nc(Cc2ccc(F)cc2)sc1C(=O)NCCCO. The lowest BCUT2D eigenvalue weighted by Crippen LogP contribution is -2.24. The molecule has 0 radical (unpaired) electrons. The van der Waals surface area contributed by atoms with Crippen molar-refractivity contribution in [2.45, 2.75) is 19.8 Å². The number of rotatable bonds is 6. The number of benzene rings is 1. The zero-order valence-corrected chi connectivity index (χ0v) is 12.5. The van der Waals surface area contributed by atoms with Crippen LogP contribution in [-0.4, -0.2) is 29.1 Å². The number of halogens is 1. The second-order valence-corrected chi connectivity index (χ2v) is 5.74. The Hall–Kier alpha value is -1.79. The minimum Gasteiger partial charge on any atom is -0.396 e. The van der Waals surface area contributed by atoms with Crippen LogP contribution in [0.3, 0.4) is 0 Å². The van der Waals surface area contributed by atoms with Crippen LogP contribution in [0.25, 0.3) is 0 Å². The Bertz CT molecular complexity index is 611. The van der Waals surface area contributed by atoms with Gasteiger partial charge in [-0.25, -0.2) is 9.37 Å². The number of aromatic nitrogens is 1. The van der Waals surface area contributed by atoms with Crippen molar-refractivity contribution in [1.29, 1.82) is 0 Å². The summed E-state index contributed by atoms with van der Waals surface area (Å²) in [5.41, 5.74) is 1.65. The van der Waals surface area contributed by atoms with Crippen LogP contribution in [0.1, 0.15) is 32.4 Å². The van der Waals surface area contributed by atoms with Crippen molar-refractivity contribution in [3.05, 3.63) is 51.2 Å². The first kappa shape index (κ1) is 15.6. The first-order chi connectivity index (χ1) is 10.1. The van der Waals surface area contributed by atoms with E-state index in [-0.39, 0.29) is 18.3 Å². The number of aliphatic hydroxyl groups is 1. The van der Waals surface area contributed by atoms with Gasteiger partial charge in [0.05, 0.1) is 10.7 Å². The minimum absolute atomic E-state index is 0.0533. The minimum atomic E-state index is -0.266. The zero-order valence-electron chi connectivity index (χ0n) is 11.7. The van der Waals surface area contributed by atoms with E-state index < -0.39 is 0 Å². The molecule has 2 aromatic rings. The van der Waals surface area contributed by atoms with Gasteiger partial charge >= 0.3 is 0 Å². The molecule has 2 rings (SSSR count). The molecule has 0 aliphatic heterocycles. The number of carbonyl (C=O) groups excluding carboxylic acids is 1. The van der Waals surface area contributed by atoms with Crippen LogP contribution in [0.2, 0.25) is 0 Å². The normalized spacial score (nSPS) is 10.6. The second-order valence-electron chi connectivity index (χ2n) is 4.66. The van der Waals surface area contributed by atoms with Gasteiger partial charge < -0.3 is 10.4 Å². The fourth-order valence-electron chi connectivity index (χ4n) is 1.88. The van der Waals surface area contributed by atoms with Crippen LogP contribution in [-0.2, 0) is 6.42 Å². The number of nitrogens with zero attached hydrogens (tertiary/aromatic N) is 1. The highest BCUT2D eigenvalue weighted by Crippen LogP contribution is 2.21. The van der Waals surface area contributed by atoms with Crippen molar-refractivity contribution in [1.82, 2.24) is 10.3 Å². The van der Waals surface area contributed by atoms with Gasteiger partial charge in [-0.1, -0.05) is 12.1 Å². The van der Waals surface area contributed by atoms with Crippen molar-refractivity contribution in [3.8, 4) is 0 Å². The van der Waals surface area contributed by atoms with Gasteiger partial charge in [-0.15, -0.1) is 11.3 Å². The Labute approximate surface area is 126 Å². The zero-order chi connectivity index (χ0) is 15.2. The molecule has 0 aliphatic carbocycles. The lowest BCUT2D eigenvalue weighted by molar-refractivity contribution is 0.0954. The molecule has 4 nitrogen and oxygen atoms in total. The molecular weight excluding hydrogens is 291 g/mol. The van der Waals surface area contributed by atoms with E-state index in [9.17, 15) is 9.18 Å². The van der Waals surface area contributed by atoms with E-state index in [1.165, 1.54) is 23.5 Å². The molecule has 0 atom stereocenters. The highest BCUT2D eigenvalue weighted by Gasteiger charge is 2.15. The Morgan fingerprint density at radius 1 is 1.38 bits per heavy atom. The van der Waals surface area contributed by atoms with Crippen LogP contribution in [0.4, 0.5) is 4.39 Å². The van der Waals surface area contributed by atoms with Gasteiger partial charge in [-0.2, -0.15) is 0 Å². The van der Waals surface area contributed by atoms with E-state index in [4.69, 9.17) is 5.11 Å². The van der Waals surface area contributed by atoms with Crippen LogP contribution in [0.15, 0.2) is 24.3 Å². The monoisotopic (exact) mass is 308 g/mol. The first-order valence-corrected chi connectivity index (χ1v) is 7.51. The maximum Gasteiger partial charge on any atom is 0.263 e. The van der Waals surface area contributed by atoms with Gasteiger partial charge in [0, 0.05) is 19.6 Å². The predicted molar refractivity (Wildman–Crippen MR) is 80.1 cm³/mol. The quantitative estimate of drug-likeness (QED) is 0.805. The van der Waals surface area contributed by atoms with Crippen LogP contribution in [0.5, 0.6) is 0 Å². The third kappa shape index (κ3) is 4.34. The Morgan fingerprint density at radius 2 is 2.10 bits per heavy atom. The molecule has 21 heavy (non-hydrogen) atoms. The lowest BCUT2D eigenvalue weighted by Gasteiger charge is -2.01. The summed E-state index contributed by atoms with van der Waals surface area (Å²) in [4.78, 5) is 17.0. The molecule has 0 saturated heterocycles. The molecule has 6 heteroatoms. The summed E-state index contributed by atoms with van der Waals surface area (Å²) in [6.07, 6.45) is 1.11. The summed E-state index contributed by atoms with van der Waals surface area (Å²) in [6.45, 7) is 2.29. The topological polar surface area (TPSA) is 62.2 Å². The lowest BCUT2D eigenvalue weighted by atomic mass is 10.1. The molecule has 0 unspecified atom stereocenters. The van der Waals surface area contributed by atoms with E-state index in [1.54, 1.807) is 19.1 Å². The predicted octanol–water partition coefficient (Wildman–Crippen LogP) is 2.29. The maximum absolute atomic E-state index is 12.9. The van der Waals surface area contributed by atoms with Gasteiger partial charge in [-0.3, -0.25) is 4.79 Å². The van der Waals surface area contributed by atoms with Crippen molar-refractivity contribution < 1.29 is 14.3 Å². The average molecular weight is 308 g/mol. The maximum atomic E-state index is 12.9. The molecule has 2 N–H and O–H groups in total. The third-order valence-corrected chi connectivity index (χ3v) is 4.09. The highest BCUT2D eigenvalue weighted by molar-refractivity contribution is 7.13. The number of thiazole rings is 1. The van der Waals surface area contributed by atoms with Crippen molar-refractivity contribution >= 4 is 17.2 Å². The molecule has 1 aromatic heterocycles. The van der Waals surface area contributed by atoms with Gasteiger partial charge in [0.1, 0.15) is 10.7 Å². The summed E-state index contributed by atoms with van der Waals surface area (Å²) >= 11 is 1.35. The van der Waals surface area contributed by atoms with Gasteiger partial charge in [0.15, 0.2) is 0 Å². The number of hydrogen-bond donors (Lipinski definition) is 2. The number of hydrogen-bond acceptors (Lipinski definition) is 4. The van der Waals surface area contributed by atoms with E-state index in [0.717, 1.165) is 10.6 Å². The second kappa shape index (κ2) is 7.28. The number of aliphatic hydroxyl groups excluding tert-OH is 1. The van der Waals surface area contributed by atoms with E-state index in [0.29, 0.717) is 30.0 Å². The van der Waals surface area contributed by atoms with Crippen molar-refractivity contribution in [2.75, 3.05) is 13.2 Å². The summed E-state index contributed by atoms with van der Waals surface area (Å²) in [6, 6.07) is 6.26. The smallest absolute Gasteiger partial charge is 0.263 e. The number of amides is 1. The van der Waals surface area contributed by atoms with Crippen molar-refractivity contribution in [2.24, 2.45) is 0 Å². The summed E-state index contributed by atoms with van der Waals surface area (Å²) in [7, 11) is 0. The van der Waals surface area contributed by atoms with Gasteiger partial charge in [0.25, 0.3) is 5.91 Å². The average Bonchev–Trinajstić information content (AvgIpc) is 2.82. The fourth-order valence-corrected chi connectivity index (χ4v) is 2.89. The molecule has 112 valence electrons. The molecule has 0 saturated carbocycles. The molecule has 1 amide bonds. The largest absolute Gasteiger partial charge is 0.396 e.